The van der Waals surface area contributed by atoms with Crippen molar-refractivity contribution in [1.82, 2.24) is 0 Å². The van der Waals surface area contributed by atoms with Gasteiger partial charge in [-0.05, 0) is 45.9 Å². The molecule has 4 aromatic rings. The number of ketones is 2. The number of Topliss-reactive ketones (excluding diaryl/α,β-unsaturated/α-hetero) is 2. The number of benzene rings is 4. The topological polar surface area (TPSA) is 150 Å². The van der Waals surface area contributed by atoms with Crippen LogP contribution < -0.4 is 5.73 Å². The Kier molecular flexibility index (Phi) is 15.8. The Morgan fingerprint density at radius 1 is 0.625 bits per heavy atom. The van der Waals surface area contributed by atoms with Gasteiger partial charge in [0.2, 0.25) is 0 Å². The number of rotatable bonds is 13. The lowest BCUT2D eigenvalue weighted by atomic mass is 9.85. The predicted octanol–water partition coefficient (Wildman–Crippen LogP) is 8.82. The number of ether oxygens (including phenoxy) is 2. The number of nitrogens with two attached hydrogens (primary N) is 1. The van der Waals surface area contributed by atoms with E-state index in [0.717, 1.165) is 22.3 Å². The molecule has 2 atom stereocenters. The maximum Gasteiger partial charge on any atom is 0.309 e. The number of hydrogen-bond donors (Lipinski definition) is 2. The Morgan fingerprint density at radius 3 is 1.27 bits per heavy atom. The molecule has 56 heavy (non-hydrogen) atoms. The third-order valence-corrected chi connectivity index (χ3v) is 9.47. The monoisotopic (exact) mass is 759 g/mol. The number of esters is 2. The number of amidine groups is 1. The lowest BCUT2D eigenvalue weighted by molar-refractivity contribution is -0.146. The molecule has 0 spiro atoms. The molecule has 0 amide bonds. The number of methoxy groups -OCH3 is 2. The van der Waals surface area contributed by atoms with Gasteiger partial charge in [-0.3, -0.25) is 19.2 Å². The fraction of sp³-hybridized carbons (Fsp3) is 0.348. The maximum atomic E-state index is 12.7. The van der Waals surface area contributed by atoms with E-state index in [4.69, 9.17) is 27.0 Å². The summed E-state index contributed by atoms with van der Waals surface area (Å²) in [5, 5.41) is 11.7. The number of carbonyl (C=O) groups is 4. The molecule has 0 aliphatic rings. The minimum Gasteiger partial charge on any atom is -0.469 e. The van der Waals surface area contributed by atoms with E-state index in [-0.39, 0.29) is 41.1 Å². The fourth-order valence-electron chi connectivity index (χ4n) is 5.95. The first kappa shape index (κ1) is 44.3. The van der Waals surface area contributed by atoms with Crippen molar-refractivity contribution in [3.05, 3.63) is 147 Å². The normalized spacial score (nSPS) is 12.6. The molecule has 0 radical (unpaired) electrons. The molecule has 0 aliphatic heterocycles. The van der Waals surface area contributed by atoms with Crippen LogP contribution in [0.5, 0.6) is 0 Å². The van der Waals surface area contributed by atoms with Crippen molar-refractivity contribution in [3.63, 3.8) is 0 Å². The van der Waals surface area contributed by atoms with E-state index in [1.807, 2.05) is 60.7 Å². The van der Waals surface area contributed by atoms with E-state index in [1.165, 1.54) is 14.2 Å². The summed E-state index contributed by atoms with van der Waals surface area (Å²) in [4.78, 5) is 53.2. The highest BCUT2D eigenvalue weighted by Crippen LogP contribution is 2.26. The highest BCUT2D eigenvalue weighted by atomic mass is 16.5. The van der Waals surface area contributed by atoms with Gasteiger partial charge in [0, 0.05) is 29.5 Å². The van der Waals surface area contributed by atoms with Crippen LogP contribution in [0.15, 0.2) is 102 Å². The van der Waals surface area contributed by atoms with Gasteiger partial charge < -0.3 is 20.4 Å². The Hall–Kier alpha value is -6.08. The number of oxime groups is 1. The molecule has 0 saturated carbocycles. The van der Waals surface area contributed by atoms with Crippen LogP contribution in [-0.2, 0) is 42.7 Å². The van der Waals surface area contributed by atoms with Gasteiger partial charge in [-0.1, -0.05) is 144 Å². The summed E-state index contributed by atoms with van der Waals surface area (Å²) in [6, 6.07) is 29.1. The maximum absolute atomic E-state index is 12.7. The quantitative estimate of drug-likeness (QED) is 0.0261. The predicted molar refractivity (Wildman–Crippen MR) is 218 cm³/mol. The summed E-state index contributed by atoms with van der Waals surface area (Å²) in [5.74, 6) is -2.14. The molecule has 0 bridgehead atoms. The highest BCUT2D eigenvalue weighted by Gasteiger charge is 2.26. The zero-order valence-corrected chi connectivity index (χ0v) is 33.6. The second-order valence-corrected chi connectivity index (χ2v) is 15.7. The minimum absolute atomic E-state index is 0.00637. The van der Waals surface area contributed by atoms with E-state index in [9.17, 15) is 19.2 Å². The molecule has 0 heterocycles. The smallest absolute Gasteiger partial charge is 0.309 e. The molecule has 10 heteroatoms. The van der Waals surface area contributed by atoms with E-state index < -0.39 is 23.8 Å². The molecule has 0 unspecified atom stereocenters. The fourth-order valence-corrected chi connectivity index (χ4v) is 5.95. The molecular weight excluding hydrogens is 707 g/mol. The van der Waals surface area contributed by atoms with Gasteiger partial charge in [0.1, 0.15) is 0 Å². The Balaban J connectivity index is 0.000000301. The molecule has 4 rings (SSSR count). The Labute approximate surface area is 330 Å². The molecule has 10 nitrogen and oxygen atoms in total. The van der Waals surface area contributed by atoms with Gasteiger partial charge in [-0.25, -0.2) is 4.85 Å². The summed E-state index contributed by atoms with van der Waals surface area (Å²) in [6.45, 7) is 19.7. The first-order valence-electron chi connectivity index (χ1n) is 18.4. The van der Waals surface area contributed by atoms with Crippen LogP contribution in [-0.4, -0.2) is 48.8 Å². The van der Waals surface area contributed by atoms with Crippen molar-refractivity contribution in [2.45, 2.75) is 78.1 Å². The molecule has 3 N–H and O–H groups in total. The van der Waals surface area contributed by atoms with Crippen molar-refractivity contribution in [3.8, 4) is 0 Å². The second-order valence-electron chi connectivity index (χ2n) is 15.7. The largest absolute Gasteiger partial charge is 0.469 e. The van der Waals surface area contributed by atoms with Crippen LogP contribution in [0.2, 0.25) is 0 Å². The standard InChI is InChI=1S/C23H28N2O4.C23H25NO3/c1-23(2,3)19-11-9-16(10-12-19)20(26)14-18(22(27)29-4)13-15-5-7-17(8-6-15)21(24)25-28;1-23(2,3)19-10-8-17(9-11-19)21(25)15-18(22(26)27-5)14-16-6-12-20(24-4)13-7-16/h5-12,18,28H,13-14H2,1-4H3,(H2,24,25);6-13,18H,14-15H2,1-3,5H3/t2*18-/m11/s1. The SMILES string of the molecule is COC(=O)[C@@H](CC(=O)c1ccc(C(C)(C)C)cc1)Cc1ccc(/C(N)=N/O)cc1.[C-]#[N+]c1ccc(C[C@H](CC(=O)c2ccc(C(C)(C)C)cc2)C(=O)OC)cc1. The molecule has 0 aromatic heterocycles. The van der Waals surface area contributed by atoms with Crippen molar-refractivity contribution in [2.24, 2.45) is 22.7 Å². The number of hydrogen-bond acceptors (Lipinski definition) is 8. The lowest BCUT2D eigenvalue weighted by Gasteiger charge is -2.19. The third kappa shape index (κ3) is 13.0. The van der Waals surface area contributed by atoms with Crippen LogP contribution in [0.3, 0.4) is 0 Å². The van der Waals surface area contributed by atoms with Crippen molar-refractivity contribution in [1.29, 1.82) is 0 Å². The molecule has 0 saturated heterocycles. The van der Waals surface area contributed by atoms with Crippen molar-refractivity contribution < 1.29 is 33.9 Å². The van der Waals surface area contributed by atoms with E-state index >= 15 is 0 Å². The first-order chi connectivity index (χ1) is 26.4. The Bertz CT molecular complexity index is 2010. The zero-order chi connectivity index (χ0) is 41.6. The van der Waals surface area contributed by atoms with Crippen LogP contribution >= 0.6 is 0 Å². The summed E-state index contributed by atoms with van der Waals surface area (Å²) >= 11 is 0. The van der Waals surface area contributed by atoms with E-state index in [1.54, 1.807) is 36.4 Å². The average molecular weight is 760 g/mol. The number of carbonyl (C=O) groups excluding carboxylic acids is 4. The summed E-state index contributed by atoms with van der Waals surface area (Å²) < 4.78 is 9.79. The molecule has 0 aliphatic carbocycles. The first-order valence-corrected chi connectivity index (χ1v) is 18.4. The third-order valence-electron chi connectivity index (χ3n) is 9.47. The molecule has 4 aromatic carbocycles. The summed E-state index contributed by atoms with van der Waals surface area (Å²) in [5.41, 5.74) is 11.9. The van der Waals surface area contributed by atoms with Gasteiger partial charge in [0.05, 0.1) is 32.6 Å². The number of nitrogens with zero attached hydrogens (tertiary/aromatic N) is 2. The van der Waals surface area contributed by atoms with E-state index in [0.29, 0.717) is 35.2 Å². The lowest BCUT2D eigenvalue weighted by Crippen LogP contribution is -2.22. The van der Waals surface area contributed by atoms with Crippen LogP contribution in [0.4, 0.5) is 5.69 Å². The van der Waals surface area contributed by atoms with Gasteiger partial charge >= 0.3 is 11.9 Å². The minimum atomic E-state index is -0.593. The van der Waals surface area contributed by atoms with Gasteiger partial charge in [0.25, 0.3) is 0 Å². The van der Waals surface area contributed by atoms with E-state index in [2.05, 4.69) is 51.5 Å². The van der Waals surface area contributed by atoms with Crippen molar-refractivity contribution >= 4 is 35.0 Å². The van der Waals surface area contributed by atoms with Crippen LogP contribution in [0.1, 0.15) is 103 Å². The van der Waals surface area contributed by atoms with Gasteiger partial charge in [0.15, 0.2) is 23.1 Å². The molecule has 0 fully saturated rings. The highest BCUT2D eigenvalue weighted by molar-refractivity contribution is 5.99. The van der Waals surface area contributed by atoms with Crippen LogP contribution in [0.25, 0.3) is 4.85 Å². The van der Waals surface area contributed by atoms with Crippen molar-refractivity contribution in [2.75, 3.05) is 14.2 Å². The zero-order valence-electron chi connectivity index (χ0n) is 33.6. The Morgan fingerprint density at radius 2 is 0.964 bits per heavy atom. The average Bonchev–Trinajstić information content (AvgIpc) is 3.19. The summed E-state index contributed by atoms with van der Waals surface area (Å²) in [7, 11) is 2.65. The van der Waals surface area contributed by atoms with Gasteiger partial charge in [-0.15, -0.1) is 0 Å². The van der Waals surface area contributed by atoms with Gasteiger partial charge in [-0.2, -0.15) is 0 Å². The van der Waals surface area contributed by atoms with Crippen LogP contribution in [0, 0.1) is 18.4 Å². The summed E-state index contributed by atoms with van der Waals surface area (Å²) in [6.07, 6.45) is 0.904. The molecular formula is C46H53N3O7. The second kappa shape index (κ2) is 20.0. The molecule has 294 valence electrons.